The fourth-order valence-electron chi connectivity index (χ4n) is 5.73. The zero-order chi connectivity index (χ0) is 22.3. The molecule has 0 saturated carbocycles. The Morgan fingerprint density at radius 2 is 1.97 bits per heavy atom. The number of likely N-dealkylation sites (tertiary alicyclic amines) is 1. The van der Waals surface area contributed by atoms with Gasteiger partial charge < -0.3 is 24.5 Å². The number of hydrogen-bond acceptors (Lipinski definition) is 5. The summed E-state index contributed by atoms with van der Waals surface area (Å²) in [6, 6.07) is -0.793. The van der Waals surface area contributed by atoms with E-state index < -0.39 is 29.6 Å². The molecule has 4 rings (SSSR count). The predicted octanol–water partition coefficient (Wildman–Crippen LogP) is 0.565. The lowest BCUT2D eigenvalue weighted by Crippen LogP contribution is -2.56. The lowest BCUT2D eigenvalue weighted by atomic mass is 9.77. The molecule has 2 saturated heterocycles. The zero-order valence-corrected chi connectivity index (χ0v) is 18.6. The molecule has 0 aromatic rings. The topological polar surface area (TPSA) is 90.4 Å². The molecule has 4 aliphatic heterocycles. The van der Waals surface area contributed by atoms with Crippen molar-refractivity contribution in [3.8, 4) is 0 Å². The van der Waals surface area contributed by atoms with Gasteiger partial charge in [0.15, 0.2) is 0 Å². The van der Waals surface area contributed by atoms with Crippen molar-refractivity contribution >= 4 is 17.7 Å². The second-order valence-corrected chi connectivity index (χ2v) is 9.13. The Hall–Kier alpha value is -2.19. The monoisotopic (exact) mass is 431 g/mol. The molecule has 0 aromatic heterocycles. The highest BCUT2D eigenvalue weighted by atomic mass is 16.5. The number of amides is 3. The van der Waals surface area contributed by atoms with E-state index in [2.05, 4.69) is 6.92 Å². The summed E-state index contributed by atoms with van der Waals surface area (Å²) in [5.41, 5.74) is -1.17. The van der Waals surface area contributed by atoms with Crippen molar-refractivity contribution in [1.29, 1.82) is 0 Å². The number of rotatable bonds is 6. The lowest BCUT2D eigenvalue weighted by molar-refractivity contribution is -0.149. The van der Waals surface area contributed by atoms with Crippen LogP contribution in [0.1, 0.15) is 33.1 Å². The van der Waals surface area contributed by atoms with Crippen LogP contribution < -0.4 is 0 Å². The zero-order valence-electron chi connectivity index (χ0n) is 18.6. The van der Waals surface area contributed by atoms with Crippen molar-refractivity contribution in [2.45, 2.75) is 56.9 Å². The average Bonchev–Trinajstić information content (AvgIpc) is 3.06. The SMILES string of the molecule is CCCC(C)N1CC=C[C@]23O[C@@H]4C=CCN(C)C(=O)[C@@H]4[C@H]2C(=O)N(CCCO)C3C1=O. The van der Waals surface area contributed by atoms with Gasteiger partial charge >= 0.3 is 0 Å². The molecular weight excluding hydrogens is 398 g/mol. The van der Waals surface area contributed by atoms with Crippen LogP contribution in [0.2, 0.25) is 0 Å². The van der Waals surface area contributed by atoms with Gasteiger partial charge in [0, 0.05) is 39.3 Å². The Labute approximate surface area is 183 Å². The Kier molecular flexibility index (Phi) is 5.96. The van der Waals surface area contributed by atoms with Crippen LogP contribution in [0.15, 0.2) is 24.3 Å². The standard InChI is InChI=1S/C23H33N3O5/c1-4-8-15(2)25-12-6-10-23-18(17-16(31-23)9-5-11-24(3)20(17)28)21(29)26(13-7-14-27)19(23)22(25)30/h5-6,9-10,15-19,27H,4,7-8,11-14H2,1-3H3/t15?,16-,17+,18+,19?,23+/m1/s1. The number of carbonyl (C=O) groups excluding carboxylic acids is 3. The van der Waals surface area contributed by atoms with Crippen LogP contribution >= 0.6 is 0 Å². The van der Waals surface area contributed by atoms with Crippen molar-refractivity contribution in [2.75, 3.05) is 33.3 Å². The molecule has 0 aromatic carbocycles. The fourth-order valence-corrected chi connectivity index (χ4v) is 5.73. The third-order valence-electron chi connectivity index (χ3n) is 7.19. The van der Waals surface area contributed by atoms with Gasteiger partial charge in [-0.15, -0.1) is 0 Å². The number of hydrogen-bond donors (Lipinski definition) is 1. The summed E-state index contributed by atoms with van der Waals surface area (Å²) >= 11 is 0. The van der Waals surface area contributed by atoms with Gasteiger partial charge in [0.05, 0.1) is 17.9 Å². The third kappa shape index (κ3) is 3.31. The molecule has 4 aliphatic rings. The van der Waals surface area contributed by atoms with E-state index in [0.717, 1.165) is 12.8 Å². The normalized spacial score (nSPS) is 35.7. The molecule has 170 valence electrons. The van der Waals surface area contributed by atoms with Gasteiger partial charge in [0.2, 0.25) is 17.7 Å². The van der Waals surface area contributed by atoms with Gasteiger partial charge in [-0.3, -0.25) is 14.4 Å². The number of aliphatic hydroxyl groups excluding tert-OH is 1. The van der Waals surface area contributed by atoms with Gasteiger partial charge in [0.1, 0.15) is 11.6 Å². The first-order chi connectivity index (χ1) is 14.9. The molecule has 6 atom stereocenters. The number of aliphatic hydroxyl groups is 1. The molecule has 2 fully saturated rings. The van der Waals surface area contributed by atoms with Crippen LogP contribution in [0.3, 0.4) is 0 Å². The van der Waals surface area contributed by atoms with Crippen molar-refractivity contribution in [2.24, 2.45) is 11.8 Å². The van der Waals surface area contributed by atoms with Crippen molar-refractivity contribution < 1.29 is 24.2 Å². The van der Waals surface area contributed by atoms with Crippen LogP contribution in [0, 0.1) is 11.8 Å². The van der Waals surface area contributed by atoms with E-state index in [1.807, 2.05) is 36.1 Å². The summed E-state index contributed by atoms with van der Waals surface area (Å²) in [5.74, 6) is -1.91. The van der Waals surface area contributed by atoms with Crippen LogP contribution in [0.25, 0.3) is 0 Å². The summed E-state index contributed by atoms with van der Waals surface area (Å²) in [6.45, 7) is 5.22. The Morgan fingerprint density at radius 3 is 2.68 bits per heavy atom. The lowest BCUT2D eigenvalue weighted by Gasteiger charge is -2.37. The van der Waals surface area contributed by atoms with Crippen LogP contribution in [-0.2, 0) is 19.1 Å². The quantitative estimate of drug-likeness (QED) is 0.621. The van der Waals surface area contributed by atoms with Gasteiger partial charge in [-0.2, -0.15) is 0 Å². The van der Waals surface area contributed by atoms with Crippen molar-refractivity contribution in [3.63, 3.8) is 0 Å². The maximum atomic E-state index is 13.9. The van der Waals surface area contributed by atoms with E-state index in [1.165, 1.54) is 0 Å². The minimum atomic E-state index is -1.17. The smallest absolute Gasteiger partial charge is 0.249 e. The van der Waals surface area contributed by atoms with E-state index in [0.29, 0.717) is 19.5 Å². The first-order valence-electron chi connectivity index (χ1n) is 11.4. The maximum absolute atomic E-state index is 13.9. The molecule has 0 radical (unpaired) electrons. The Balaban J connectivity index is 1.79. The maximum Gasteiger partial charge on any atom is 0.249 e. The Morgan fingerprint density at radius 1 is 1.19 bits per heavy atom. The second kappa shape index (κ2) is 8.39. The van der Waals surface area contributed by atoms with E-state index in [9.17, 15) is 19.5 Å². The van der Waals surface area contributed by atoms with Gasteiger partial charge in [-0.25, -0.2) is 0 Å². The van der Waals surface area contributed by atoms with E-state index in [1.54, 1.807) is 16.8 Å². The molecule has 8 heteroatoms. The molecule has 0 aliphatic carbocycles. The van der Waals surface area contributed by atoms with Gasteiger partial charge in [-0.1, -0.05) is 37.6 Å². The minimum Gasteiger partial charge on any atom is -0.396 e. The molecule has 31 heavy (non-hydrogen) atoms. The van der Waals surface area contributed by atoms with Crippen LogP contribution in [-0.4, -0.2) is 94.6 Å². The number of carbonyl (C=O) groups is 3. The average molecular weight is 432 g/mol. The highest BCUT2D eigenvalue weighted by Crippen LogP contribution is 2.53. The number of ether oxygens (including phenoxy) is 1. The number of fused-ring (bicyclic) bond motifs is 2. The summed E-state index contributed by atoms with van der Waals surface area (Å²) < 4.78 is 6.51. The van der Waals surface area contributed by atoms with E-state index in [4.69, 9.17) is 4.74 Å². The van der Waals surface area contributed by atoms with Gasteiger partial charge in [-0.05, 0) is 19.8 Å². The molecular formula is C23H33N3O5. The van der Waals surface area contributed by atoms with Crippen molar-refractivity contribution in [3.05, 3.63) is 24.3 Å². The number of likely N-dealkylation sites (N-methyl/N-ethyl adjacent to an activating group) is 1. The summed E-state index contributed by atoms with van der Waals surface area (Å²) in [6.07, 6.45) is 9.19. The summed E-state index contributed by atoms with van der Waals surface area (Å²) in [5, 5.41) is 9.39. The van der Waals surface area contributed by atoms with E-state index >= 15 is 0 Å². The predicted molar refractivity (Wildman–Crippen MR) is 114 cm³/mol. The fraction of sp³-hybridized carbons (Fsp3) is 0.696. The molecule has 3 amide bonds. The first-order valence-corrected chi connectivity index (χ1v) is 11.4. The van der Waals surface area contributed by atoms with Crippen LogP contribution in [0.5, 0.6) is 0 Å². The first kappa shape index (κ1) is 22.0. The molecule has 1 spiro atoms. The summed E-state index contributed by atoms with van der Waals surface area (Å²) in [7, 11) is 1.72. The molecule has 4 heterocycles. The molecule has 0 bridgehead atoms. The van der Waals surface area contributed by atoms with Crippen molar-refractivity contribution in [1.82, 2.24) is 14.7 Å². The highest BCUT2D eigenvalue weighted by molar-refractivity contribution is 5.99. The molecule has 8 nitrogen and oxygen atoms in total. The number of nitrogens with zero attached hydrogens (tertiary/aromatic N) is 3. The largest absolute Gasteiger partial charge is 0.396 e. The van der Waals surface area contributed by atoms with Gasteiger partial charge in [0.25, 0.3) is 0 Å². The highest BCUT2D eigenvalue weighted by Gasteiger charge is 2.71. The van der Waals surface area contributed by atoms with E-state index in [-0.39, 0.29) is 36.9 Å². The second-order valence-electron chi connectivity index (χ2n) is 9.13. The molecule has 1 N–H and O–H groups in total. The molecule has 2 unspecified atom stereocenters. The van der Waals surface area contributed by atoms with Crippen LogP contribution in [0.4, 0.5) is 0 Å². The summed E-state index contributed by atoms with van der Waals surface area (Å²) in [4.78, 5) is 45.8. The Bertz CT molecular complexity index is 811. The minimum absolute atomic E-state index is 0.0330. The third-order valence-corrected chi connectivity index (χ3v) is 7.19.